The van der Waals surface area contributed by atoms with Crippen molar-refractivity contribution in [3.63, 3.8) is 0 Å². The van der Waals surface area contributed by atoms with Crippen LogP contribution in [0.3, 0.4) is 0 Å². The van der Waals surface area contributed by atoms with Crippen LogP contribution in [0.4, 0.5) is 11.5 Å². The van der Waals surface area contributed by atoms with Crippen molar-refractivity contribution in [2.75, 3.05) is 5.32 Å². The number of amides is 1. The van der Waals surface area contributed by atoms with Gasteiger partial charge in [0.05, 0.1) is 5.39 Å². The number of pyridine rings is 1. The molecule has 2 aromatic carbocycles. The zero-order chi connectivity index (χ0) is 17.9. The molecule has 0 saturated heterocycles. The van der Waals surface area contributed by atoms with Gasteiger partial charge in [0.1, 0.15) is 12.1 Å². The monoisotopic (exact) mass is 341 g/mol. The number of primary amides is 1. The Bertz CT molecular complexity index is 1100. The average molecular weight is 341 g/mol. The van der Waals surface area contributed by atoms with E-state index in [1.807, 2.05) is 48.5 Å². The molecule has 3 N–H and O–H groups in total. The Labute approximate surface area is 149 Å². The Morgan fingerprint density at radius 1 is 0.923 bits per heavy atom. The Morgan fingerprint density at radius 2 is 1.81 bits per heavy atom. The number of nitrogens with zero attached hydrogens (tertiary/aromatic N) is 3. The van der Waals surface area contributed by atoms with Crippen molar-refractivity contribution in [2.24, 2.45) is 5.73 Å². The van der Waals surface area contributed by atoms with Gasteiger partial charge in [0.15, 0.2) is 5.65 Å². The number of carbonyl (C=O) groups is 1. The number of benzene rings is 2. The van der Waals surface area contributed by atoms with Gasteiger partial charge in [0.2, 0.25) is 5.91 Å². The van der Waals surface area contributed by atoms with E-state index in [1.54, 1.807) is 18.3 Å². The van der Waals surface area contributed by atoms with Crippen LogP contribution in [-0.2, 0) is 0 Å². The lowest BCUT2D eigenvalue weighted by atomic mass is 9.99. The predicted octanol–water partition coefficient (Wildman–Crippen LogP) is 3.53. The number of carbonyl (C=O) groups excluding carboxylic acids is 1. The molecule has 0 unspecified atom stereocenters. The molecule has 0 bridgehead atoms. The first-order valence-electron chi connectivity index (χ1n) is 8.04. The molecule has 6 nitrogen and oxygen atoms in total. The molecule has 0 saturated carbocycles. The van der Waals surface area contributed by atoms with Crippen LogP contribution in [0.1, 0.15) is 10.4 Å². The SMILES string of the molecule is NC(=O)c1ccccc1-c1cccc(Nc2ncnc3ncccc23)c1. The third kappa shape index (κ3) is 2.95. The number of fused-ring (bicyclic) bond motifs is 1. The second kappa shape index (κ2) is 6.60. The summed E-state index contributed by atoms with van der Waals surface area (Å²) in [7, 11) is 0. The van der Waals surface area contributed by atoms with Gasteiger partial charge < -0.3 is 11.1 Å². The maximum absolute atomic E-state index is 11.7. The van der Waals surface area contributed by atoms with E-state index in [0.717, 1.165) is 22.2 Å². The fourth-order valence-corrected chi connectivity index (χ4v) is 2.85. The molecule has 1 amide bonds. The topological polar surface area (TPSA) is 93.8 Å². The smallest absolute Gasteiger partial charge is 0.249 e. The molecule has 0 aliphatic heterocycles. The number of nitrogens with one attached hydrogen (secondary N) is 1. The van der Waals surface area contributed by atoms with Gasteiger partial charge in [-0.25, -0.2) is 15.0 Å². The zero-order valence-corrected chi connectivity index (χ0v) is 13.8. The Morgan fingerprint density at radius 3 is 2.69 bits per heavy atom. The van der Waals surface area contributed by atoms with Gasteiger partial charge in [-0.1, -0.05) is 30.3 Å². The normalized spacial score (nSPS) is 10.6. The molecule has 0 aliphatic carbocycles. The fourth-order valence-electron chi connectivity index (χ4n) is 2.85. The average Bonchev–Trinajstić information content (AvgIpc) is 2.68. The van der Waals surface area contributed by atoms with Crippen LogP contribution in [0.15, 0.2) is 73.2 Å². The van der Waals surface area contributed by atoms with Crippen molar-refractivity contribution in [1.29, 1.82) is 0 Å². The summed E-state index contributed by atoms with van der Waals surface area (Å²) < 4.78 is 0. The van der Waals surface area contributed by atoms with Crippen molar-refractivity contribution in [3.8, 4) is 11.1 Å². The van der Waals surface area contributed by atoms with Gasteiger partial charge in [-0.3, -0.25) is 4.79 Å². The summed E-state index contributed by atoms with van der Waals surface area (Å²) in [5.41, 5.74) is 9.13. The molecule has 0 spiro atoms. The van der Waals surface area contributed by atoms with Crippen molar-refractivity contribution in [2.45, 2.75) is 0 Å². The largest absolute Gasteiger partial charge is 0.366 e. The predicted molar refractivity (Wildman–Crippen MR) is 101 cm³/mol. The number of hydrogen-bond acceptors (Lipinski definition) is 5. The maximum Gasteiger partial charge on any atom is 0.249 e. The quantitative estimate of drug-likeness (QED) is 0.592. The van der Waals surface area contributed by atoms with Crippen LogP contribution in [0.2, 0.25) is 0 Å². The van der Waals surface area contributed by atoms with E-state index in [-0.39, 0.29) is 0 Å². The van der Waals surface area contributed by atoms with Gasteiger partial charge in [0, 0.05) is 17.4 Å². The van der Waals surface area contributed by atoms with Crippen molar-refractivity contribution >= 4 is 28.4 Å². The van der Waals surface area contributed by atoms with E-state index in [9.17, 15) is 4.79 Å². The number of nitrogens with two attached hydrogens (primary N) is 1. The first-order valence-corrected chi connectivity index (χ1v) is 8.04. The minimum atomic E-state index is -0.452. The summed E-state index contributed by atoms with van der Waals surface area (Å²) in [5, 5.41) is 4.13. The molecule has 0 fully saturated rings. The minimum absolute atomic E-state index is 0.452. The zero-order valence-electron chi connectivity index (χ0n) is 13.8. The van der Waals surface area contributed by atoms with E-state index in [1.165, 1.54) is 6.33 Å². The van der Waals surface area contributed by atoms with Gasteiger partial charge >= 0.3 is 0 Å². The highest BCUT2D eigenvalue weighted by molar-refractivity contribution is 6.00. The molecule has 26 heavy (non-hydrogen) atoms. The summed E-state index contributed by atoms with van der Waals surface area (Å²) >= 11 is 0. The Hall–Kier alpha value is -3.80. The van der Waals surface area contributed by atoms with E-state index >= 15 is 0 Å². The van der Waals surface area contributed by atoms with Crippen LogP contribution < -0.4 is 11.1 Å². The van der Waals surface area contributed by atoms with E-state index in [2.05, 4.69) is 20.3 Å². The van der Waals surface area contributed by atoms with Gasteiger partial charge in [0.25, 0.3) is 0 Å². The molecule has 2 aromatic heterocycles. The van der Waals surface area contributed by atoms with E-state index in [0.29, 0.717) is 17.0 Å². The number of rotatable bonds is 4. The van der Waals surface area contributed by atoms with Gasteiger partial charge in [-0.15, -0.1) is 0 Å². The molecule has 0 radical (unpaired) electrons. The van der Waals surface area contributed by atoms with Crippen LogP contribution >= 0.6 is 0 Å². The number of aromatic nitrogens is 3. The molecular weight excluding hydrogens is 326 g/mol. The van der Waals surface area contributed by atoms with Gasteiger partial charge in [-0.05, 0) is 41.5 Å². The van der Waals surface area contributed by atoms with Crippen molar-refractivity contribution in [3.05, 3.63) is 78.8 Å². The molecule has 2 heterocycles. The second-order valence-electron chi connectivity index (χ2n) is 5.71. The Kier molecular flexibility index (Phi) is 3.99. The maximum atomic E-state index is 11.7. The summed E-state index contributed by atoms with van der Waals surface area (Å²) in [6.45, 7) is 0. The summed E-state index contributed by atoms with van der Waals surface area (Å²) in [6.07, 6.45) is 3.17. The molecule has 126 valence electrons. The molecule has 6 heteroatoms. The minimum Gasteiger partial charge on any atom is -0.366 e. The second-order valence-corrected chi connectivity index (χ2v) is 5.71. The van der Waals surface area contributed by atoms with Crippen LogP contribution in [0, 0.1) is 0 Å². The third-order valence-corrected chi connectivity index (χ3v) is 4.04. The standard InChI is InChI=1S/C20H15N5O/c21-18(26)16-8-2-1-7-15(16)13-5-3-6-14(11-13)25-20-17-9-4-10-22-19(17)23-12-24-20/h1-12H,(H2,21,26)(H,22,23,24,25). The molecule has 4 rings (SSSR count). The lowest BCUT2D eigenvalue weighted by Crippen LogP contribution is -2.12. The van der Waals surface area contributed by atoms with E-state index in [4.69, 9.17) is 5.73 Å². The Balaban J connectivity index is 1.74. The summed E-state index contributed by atoms with van der Waals surface area (Å²) in [6, 6.07) is 18.8. The molecule has 0 atom stereocenters. The van der Waals surface area contributed by atoms with E-state index < -0.39 is 5.91 Å². The van der Waals surface area contributed by atoms with Crippen LogP contribution in [-0.4, -0.2) is 20.9 Å². The summed E-state index contributed by atoms with van der Waals surface area (Å²) in [4.78, 5) is 24.4. The number of hydrogen-bond donors (Lipinski definition) is 2. The lowest BCUT2D eigenvalue weighted by Gasteiger charge is -2.11. The lowest BCUT2D eigenvalue weighted by molar-refractivity contribution is 0.100. The highest BCUT2D eigenvalue weighted by atomic mass is 16.1. The first-order chi connectivity index (χ1) is 12.7. The van der Waals surface area contributed by atoms with Crippen molar-refractivity contribution < 1.29 is 4.79 Å². The van der Waals surface area contributed by atoms with Crippen LogP contribution in [0.25, 0.3) is 22.2 Å². The fraction of sp³-hybridized carbons (Fsp3) is 0. The van der Waals surface area contributed by atoms with Crippen molar-refractivity contribution in [1.82, 2.24) is 15.0 Å². The molecule has 0 aliphatic rings. The summed E-state index contributed by atoms with van der Waals surface area (Å²) in [5.74, 6) is 0.218. The van der Waals surface area contributed by atoms with Gasteiger partial charge in [-0.2, -0.15) is 0 Å². The molecular formula is C20H15N5O. The first kappa shape index (κ1) is 15.7. The number of anilines is 2. The highest BCUT2D eigenvalue weighted by Gasteiger charge is 2.10. The third-order valence-electron chi connectivity index (χ3n) is 4.04. The highest BCUT2D eigenvalue weighted by Crippen LogP contribution is 2.28. The van der Waals surface area contributed by atoms with Crippen LogP contribution in [0.5, 0.6) is 0 Å². The molecule has 4 aromatic rings.